The van der Waals surface area contributed by atoms with E-state index in [-0.39, 0.29) is 17.4 Å². The maximum Gasteiger partial charge on any atom is 0.422 e. The molecule has 1 saturated carbocycles. The van der Waals surface area contributed by atoms with Gasteiger partial charge in [-0.15, -0.1) is 0 Å². The predicted molar refractivity (Wildman–Crippen MR) is 81.6 cm³/mol. The fraction of sp³-hybridized carbons (Fsp3) is 0.562. The Morgan fingerprint density at radius 1 is 1.33 bits per heavy atom. The number of hydrogen-bond donors (Lipinski definition) is 2. The Hall–Kier alpha value is -2.30. The first-order valence-electron chi connectivity index (χ1n) is 8.20. The van der Waals surface area contributed by atoms with E-state index in [1.807, 2.05) is 5.32 Å². The SMILES string of the molecule is O=C(NC(=O)[C@H]1CC(F)(F)CN1)c1cc(OCC(F)(F)F)c(C2CC2)cn1. The fourth-order valence-corrected chi connectivity index (χ4v) is 2.72. The lowest BCUT2D eigenvalue weighted by Crippen LogP contribution is -2.43. The number of aromatic nitrogens is 1. The van der Waals surface area contributed by atoms with Crippen LogP contribution in [0.15, 0.2) is 12.3 Å². The second-order valence-electron chi connectivity index (χ2n) is 6.60. The monoisotopic (exact) mass is 393 g/mol. The predicted octanol–water partition coefficient (Wildman–Crippen LogP) is 2.15. The molecule has 6 nitrogen and oxygen atoms in total. The van der Waals surface area contributed by atoms with Crippen LogP contribution in [0.25, 0.3) is 0 Å². The summed E-state index contributed by atoms with van der Waals surface area (Å²) in [5.74, 6) is -5.12. The summed E-state index contributed by atoms with van der Waals surface area (Å²) in [5, 5.41) is 4.23. The molecule has 0 radical (unpaired) electrons. The normalized spacial score (nSPS) is 21.7. The molecule has 3 rings (SSSR count). The molecule has 2 heterocycles. The number of amides is 2. The molecule has 11 heteroatoms. The van der Waals surface area contributed by atoms with E-state index in [2.05, 4.69) is 10.3 Å². The Morgan fingerprint density at radius 3 is 2.59 bits per heavy atom. The van der Waals surface area contributed by atoms with E-state index in [4.69, 9.17) is 4.74 Å². The largest absolute Gasteiger partial charge is 0.484 e. The van der Waals surface area contributed by atoms with Gasteiger partial charge >= 0.3 is 6.18 Å². The Kier molecular flexibility index (Phi) is 5.06. The zero-order valence-corrected chi connectivity index (χ0v) is 13.9. The van der Waals surface area contributed by atoms with Crippen LogP contribution in [0.4, 0.5) is 22.0 Å². The van der Waals surface area contributed by atoms with E-state index >= 15 is 0 Å². The maximum absolute atomic E-state index is 13.1. The molecule has 2 fully saturated rings. The smallest absolute Gasteiger partial charge is 0.422 e. The van der Waals surface area contributed by atoms with E-state index in [1.165, 1.54) is 6.20 Å². The van der Waals surface area contributed by atoms with Gasteiger partial charge in [0.15, 0.2) is 6.61 Å². The van der Waals surface area contributed by atoms with Crippen LogP contribution in [0.1, 0.15) is 41.2 Å². The molecule has 0 bridgehead atoms. The minimum absolute atomic E-state index is 0.0180. The number of carbonyl (C=O) groups is 2. The van der Waals surface area contributed by atoms with E-state index < -0.39 is 49.5 Å². The summed E-state index contributed by atoms with van der Waals surface area (Å²) in [4.78, 5) is 27.9. The van der Waals surface area contributed by atoms with Crippen LogP contribution in [0.5, 0.6) is 5.75 Å². The summed E-state index contributed by atoms with van der Waals surface area (Å²) in [6, 6.07) is -0.214. The number of nitrogens with zero attached hydrogens (tertiary/aromatic N) is 1. The summed E-state index contributed by atoms with van der Waals surface area (Å²) < 4.78 is 68.3. The van der Waals surface area contributed by atoms with Gasteiger partial charge in [0, 0.05) is 24.2 Å². The lowest BCUT2D eigenvalue weighted by atomic mass is 10.1. The molecule has 0 spiro atoms. The third kappa shape index (κ3) is 5.12. The third-order valence-corrected chi connectivity index (χ3v) is 4.20. The number of halogens is 5. The van der Waals surface area contributed by atoms with Crippen molar-refractivity contribution in [1.82, 2.24) is 15.6 Å². The molecule has 2 amide bonds. The highest BCUT2D eigenvalue weighted by molar-refractivity contribution is 6.05. The van der Waals surface area contributed by atoms with Crippen molar-refractivity contribution in [3.8, 4) is 5.75 Å². The fourth-order valence-electron chi connectivity index (χ4n) is 2.72. The van der Waals surface area contributed by atoms with Crippen molar-refractivity contribution in [2.75, 3.05) is 13.2 Å². The molecule has 1 atom stereocenters. The second-order valence-corrected chi connectivity index (χ2v) is 6.60. The van der Waals surface area contributed by atoms with Crippen LogP contribution in [0.3, 0.4) is 0 Å². The van der Waals surface area contributed by atoms with Crippen molar-refractivity contribution in [3.05, 3.63) is 23.5 Å². The number of hydrogen-bond acceptors (Lipinski definition) is 5. The molecule has 1 aromatic rings. The molecule has 27 heavy (non-hydrogen) atoms. The lowest BCUT2D eigenvalue weighted by Gasteiger charge is -2.14. The maximum atomic E-state index is 13.1. The number of ether oxygens (including phenoxy) is 1. The molecule has 148 valence electrons. The quantitative estimate of drug-likeness (QED) is 0.592. The van der Waals surface area contributed by atoms with Crippen molar-refractivity contribution in [2.45, 2.75) is 43.3 Å². The van der Waals surface area contributed by atoms with Crippen LogP contribution >= 0.6 is 0 Å². The first kappa shape index (κ1) is 19.5. The Morgan fingerprint density at radius 2 is 2.04 bits per heavy atom. The highest BCUT2D eigenvalue weighted by atomic mass is 19.4. The van der Waals surface area contributed by atoms with Gasteiger partial charge in [-0.2, -0.15) is 13.2 Å². The average molecular weight is 393 g/mol. The van der Waals surface area contributed by atoms with Crippen molar-refractivity contribution in [1.29, 1.82) is 0 Å². The number of alkyl halides is 5. The van der Waals surface area contributed by atoms with Crippen molar-refractivity contribution in [2.24, 2.45) is 0 Å². The number of carbonyl (C=O) groups excluding carboxylic acids is 2. The zero-order valence-electron chi connectivity index (χ0n) is 13.9. The molecule has 1 aliphatic carbocycles. The number of nitrogens with one attached hydrogen (secondary N) is 2. The van der Waals surface area contributed by atoms with Gasteiger partial charge in [0.25, 0.3) is 11.8 Å². The average Bonchev–Trinajstić information content (AvgIpc) is 3.34. The molecule has 1 saturated heterocycles. The van der Waals surface area contributed by atoms with E-state index in [9.17, 15) is 31.5 Å². The summed E-state index contributed by atoms with van der Waals surface area (Å²) in [6.07, 6.45) is -2.52. The van der Waals surface area contributed by atoms with Crippen LogP contribution in [-0.4, -0.2) is 48.1 Å². The van der Waals surface area contributed by atoms with Gasteiger partial charge in [-0.25, -0.2) is 8.78 Å². The molecule has 1 aromatic heterocycles. The van der Waals surface area contributed by atoms with Gasteiger partial charge in [-0.3, -0.25) is 25.2 Å². The lowest BCUT2D eigenvalue weighted by molar-refractivity contribution is -0.153. The highest BCUT2D eigenvalue weighted by Gasteiger charge is 2.42. The summed E-state index contributed by atoms with van der Waals surface area (Å²) in [5.41, 5.74) is 0.119. The molecular formula is C16H16F5N3O3. The summed E-state index contributed by atoms with van der Waals surface area (Å²) in [6.45, 7) is -2.21. The Labute approximate surface area is 150 Å². The minimum atomic E-state index is -4.55. The molecule has 1 aliphatic heterocycles. The van der Waals surface area contributed by atoms with Gasteiger partial charge in [0.05, 0.1) is 12.6 Å². The van der Waals surface area contributed by atoms with Gasteiger partial charge < -0.3 is 4.74 Å². The number of imide groups is 1. The van der Waals surface area contributed by atoms with E-state index in [0.717, 1.165) is 18.9 Å². The van der Waals surface area contributed by atoms with Gasteiger partial charge in [0.2, 0.25) is 5.91 Å². The summed E-state index contributed by atoms with van der Waals surface area (Å²) in [7, 11) is 0. The van der Waals surface area contributed by atoms with Crippen LogP contribution in [0, 0.1) is 0 Å². The number of rotatable bonds is 5. The first-order chi connectivity index (χ1) is 12.5. The zero-order chi connectivity index (χ0) is 19.8. The van der Waals surface area contributed by atoms with Crippen LogP contribution in [-0.2, 0) is 4.79 Å². The Bertz CT molecular complexity index is 749. The van der Waals surface area contributed by atoms with Gasteiger partial charge in [0.1, 0.15) is 11.4 Å². The standard InChI is InChI=1S/C16H16F5N3O3/c17-15(18)4-11(23-6-15)14(26)24-13(25)10-3-12(27-7-16(19,20)21)9(5-22-10)8-1-2-8/h3,5,8,11,23H,1-2,4,6-7H2,(H,24,25,26)/t11-/m1/s1. The van der Waals surface area contributed by atoms with Gasteiger partial charge in [-0.1, -0.05) is 0 Å². The Balaban J connectivity index is 1.70. The van der Waals surface area contributed by atoms with Crippen molar-refractivity contribution in [3.63, 3.8) is 0 Å². The van der Waals surface area contributed by atoms with Crippen molar-refractivity contribution >= 4 is 11.8 Å². The van der Waals surface area contributed by atoms with Crippen LogP contribution < -0.4 is 15.4 Å². The number of pyridine rings is 1. The molecule has 2 aliphatic rings. The first-order valence-corrected chi connectivity index (χ1v) is 8.20. The topological polar surface area (TPSA) is 80.3 Å². The van der Waals surface area contributed by atoms with Gasteiger partial charge in [-0.05, 0) is 18.8 Å². The molecular weight excluding hydrogens is 377 g/mol. The van der Waals surface area contributed by atoms with E-state index in [1.54, 1.807) is 0 Å². The van der Waals surface area contributed by atoms with E-state index in [0.29, 0.717) is 5.56 Å². The molecule has 2 N–H and O–H groups in total. The second kappa shape index (κ2) is 7.02. The molecule has 0 aromatic carbocycles. The van der Waals surface area contributed by atoms with Crippen molar-refractivity contribution < 1.29 is 36.3 Å². The van der Waals surface area contributed by atoms with Crippen LogP contribution in [0.2, 0.25) is 0 Å². The third-order valence-electron chi connectivity index (χ3n) is 4.20. The molecule has 0 unspecified atom stereocenters. The summed E-state index contributed by atoms with van der Waals surface area (Å²) >= 11 is 0. The highest BCUT2D eigenvalue weighted by Crippen LogP contribution is 2.44. The minimum Gasteiger partial charge on any atom is -0.484 e.